The summed E-state index contributed by atoms with van der Waals surface area (Å²) in [5.74, 6) is -0.616. The van der Waals surface area contributed by atoms with Gasteiger partial charge in [0.2, 0.25) is 0 Å². The lowest BCUT2D eigenvalue weighted by atomic mass is 10.2. The van der Waals surface area contributed by atoms with Gasteiger partial charge in [-0.25, -0.2) is 9.59 Å². The van der Waals surface area contributed by atoms with E-state index >= 15 is 0 Å². The molecule has 0 aliphatic rings. The second kappa shape index (κ2) is 6.44. The molecule has 0 atom stereocenters. The largest absolute Gasteiger partial charge is 0.508 e. The zero-order valence-corrected chi connectivity index (χ0v) is 8.84. The van der Waals surface area contributed by atoms with E-state index in [1.807, 2.05) is 30.3 Å². The van der Waals surface area contributed by atoms with Crippen molar-refractivity contribution in [3.05, 3.63) is 35.9 Å². The highest BCUT2D eigenvalue weighted by Gasteiger charge is 2.07. The molecule has 0 spiro atoms. The first-order valence-electron chi connectivity index (χ1n) is 4.62. The fourth-order valence-corrected chi connectivity index (χ4v) is 0.957. The number of methoxy groups -OCH3 is 1. The molecule has 16 heavy (non-hydrogen) atoms. The summed E-state index contributed by atoms with van der Waals surface area (Å²) in [7, 11) is 1.16. The number of benzene rings is 1. The fourth-order valence-electron chi connectivity index (χ4n) is 0.957. The monoisotopic (exact) mass is 224 g/mol. The lowest BCUT2D eigenvalue weighted by molar-refractivity contribution is -0.149. The minimum atomic E-state index is -0.906. The highest BCUT2D eigenvalue weighted by Crippen LogP contribution is 2.00. The molecule has 0 unspecified atom stereocenters. The van der Waals surface area contributed by atoms with Gasteiger partial charge in [0.05, 0.1) is 7.11 Å². The number of hydrogen-bond acceptors (Lipinski definition) is 5. The molecule has 0 saturated carbocycles. The van der Waals surface area contributed by atoms with Gasteiger partial charge in [-0.05, 0) is 5.56 Å². The molecule has 0 aliphatic carbocycles. The van der Waals surface area contributed by atoms with Crippen LogP contribution in [0.2, 0.25) is 0 Å². The van der Waals surface area contributed by atoms with Gasteiger partial charge < -0.3 is 14.2 Å². The molecule has 0 aromatic heterocycles. The Kier molecular flexibility index (Phi) is 4.85. The molecule has 1 aromatic carbocycles. The number of esters is 1. The SMILES string of the molecule is COC(=O)OCC(=O)OCc1ccccc1. The Balaban J connectivity index is 2.23. The molecule has 0 saturated heterocycles. The zero-order chi connectivity index (χ0) is 11.8. The predicted molar refractivity (Wildman–Crippen MR) is 54.6 cm³/mol. The van der Waals surface area contributed by atoms with Crippen LogP contribution in [0.15, 0.2) is 30.3 Å². The van der Waals surface area contributed by atoms with Crippen molar-refractivity contribution in [1.29, 1.82) is 0 Å². The van der Waals surface area contributed by atoms with Crippen LogP contribution in [-0.4, -0.2) is 25.8 Å². The molecule has 1 rings (SSSR count). The number of carbonyl (C=O) groups is 2. The molecule has 5 heteroatoms. The van der Waals surface area contributed by atoms with Crippen molar-refractivity contribution in [3.63, 3.8) is 0 Å². The third-order valence-electron chi connectivity index (χ3n) is 1.72. The Morgan fingerprint density at radius 3 is 2.44 bits per heavy atom. The second-order valence-corrected chi connectivity index (χ2v) is 2.89. The average Bonchev–Trinajstić information content (AvgIpc) is 2.34. The summed E-state index contributed by atoms with van der Waals surface area (Å²) in [5, 5.41) is 0. The molecule has 0 bridgehead atoms. The Morgan fingerprint density at radius 1 is 1.12 bits per heavy atom. The van der Waals surface area contributed by atoms with Gasteiger partial charge in [0, 0.05) is 0 Å². The van der Waals surface area contributed by atoms with Crippen LogP contribution in [-0.2, 0) is 25.6 Å². The molecule has 0 amide bonds. The van der Waals surface area contributed by atoms with E-state index in [2.05, 4.69) is 9.47 Å². The van der Waals surface area contributed by atoms with Crippen molar-refractivity contribution >= 4 is 12.1 Å². The summed E-state index contributed by atoms with van der Waals surface area (Å²) < 4.78 is 13.5. The smallest absolute Gasteiger partial charge is 0.458 e. The van der Waals surface area contributed by atoms with E-state index in [1.165, 1.54) is 0 Å². The lowest BCUT2D eigenvalue weighted by Crippen LogP contribution is -2.16. The Labute approximate surface area is 92.9 Å². The van der Waals surface area contributed by atoms with Crippen LogP contribution in [0.3, 0.4) is 0 Å². The van der Waals surface area contributed by atoms with Crippen molar-refractivity contribution in [1.82, 2.24) is 0 Å². The molecule has 0 fully saturated rings. The van der Waals surface area contributed by atoms with E-state index in [0.717, 1.165) is 12.7 Å². The summed E-state index contributed by atoms with van der Waals surface area (Å²) in [5.41, 5.74) is 0.869. The van der Waals surface area contributed by atoms with E-state index in [0.29, 0.717) is 0 Å². The predicted octanol–water partition coefficient (Wildman–Crippen LogP) is 1.51. The summed E-state index contributed by atoms with van der Waals surface area (Å²) in [4.78, 5) is 21.6. The maximum atomic E-state index is 11.1. The highest BCUT2D eigenvalue weighted by atomic mass is 16.7. The molecular weight excluding hydrogens is 212 g/mol. The van der Waals surface area contributed by atoms with E-state index in [9.17, 15) is 9.59 Å². The van der Waals surface area contributed by atoms with Crippen molar-refractivity contribution in [2.75, 3.05) is 13.7 Å². The Hall–Kier alpha value is -2.04. The summed E-state index contributed by atoms with van der Waals surface area (Å²) in [6.45, 7) is -0.288. The summed E-state index contributed by atoms with van der Waals surface area (Å²) >= 11 is 0. The molecule has 1 aromatic rings. The van der Waals surface area contributed by atoms with Crippen LogP contribution >= 0.6 is 0 Å². The normalized spacial score (nSPS) is 9.31. The number of hydrogen-bond donors (Lipinski definition) is 0. The second-order valence-electron chi connectivity index (χ2n) is 2.89. The first-order valence-corrected chi connectivity index (χ1v) is 4.62. The number of carbonyl (C=O) groups excluding carboxylic acids is 2. The standard InChI is InChI=1S/C11H12O5/c1-14-11(13)16-8-10(12)15-7-9-5-3-2-4-6-9/h2-6H,7-8H2,1H3. The number of rotatable bonds is 4. The molecule has 0 heterocycles. The molecule has 0 N–H and O–H groups in total. The van der Waals surface area contributed by atoms with Crippen LogP contribution in [0.4, 0.5) is 4.79 Å². The quantitative estimate of drug-likeness (QED) is 0.725. The van der Waals surface area contributed by atoms with E-state index in [-0.39, 0.29) is 6.61 Å². The van der Waals surface area contributed by atoms with Crippen LogP contribution in [0, 0.1) is 0 Å². The minimum Gasteiger partial charge on any atom is -0.458 e. The van der Waals surface area contributed by atoms with Crippen LogP contribution in [0.25, 0.3) is 0 Å². The van der Waals surface area contributed by atoms with Crippen LogP contribution < -0.4 is 0 Å². The van der Waals surface area contributed by atoms with Crippen molar-refractivity contribution in [2.24, 2.45) is 0 Å². The molecular formula is C11H12O5. The number of ether oxygens (including phenoxy) is 3. The Bertz CT molecular complexity index is 347. The van der Waals surface area contributed by atoms with Crippen molar-refractivity contribution < 1.29 is 23.8 Å². The van der Waals surface area contributed by atoms with Crippen molar-refractivity contribution in [3.8, 4) is 0 Å². The average molecular weight is 224 g/mol. The lowest BCUT2D eigenvalue weighted by Gasteiger charge is -2.05. The van der Waals surface area contributed by atoms with Crippen LogP contribution in [0.5, 0.6) is 0 Å². The third kappa shape index (κ3) is 4.45. The van der Waals surface area contributed by atoms with Gasteiger partial charge in [0.15, 0.2) is 6.61 Å². The third-order valence-corrected chi connectivity index (χ3v) is 1.72. The summed E-state index contributed by atoms with van der Waals surface area (Å²) in [6.07, 6.45) is -0.906. The highest BCUT2D eigenvalue weighted by molar-refractivity contribution is 5.73. The van der Waals surface area contributed by atoms with E-state index in [4.69, 9.17) is 4.74 Å². The molecule has 86 valence electrons. The molecule has 0 radical (unpaired) electrons. The topological polar surface area (TPSA) is 61.8 Å². The van der Waals surface area contributed by atoms with Gasteiger partial charge in [-0.2, -0.15) is 0 Å². The van der Waals surface area contributed by atoms with Crippen LogP contribution in [0.1, 0.15) is 5.56 Å². The first kappa shape index (κ1) is 12.0. The fraction of sp³-hybridized carbons (Fsp3) is 0.273. The van der Waals surface area contributed by atoms with E-state index < -0.39 is 18.7 Å². The van der Waals surface area contributed by atoms with Gasteiger partial charge in [0.1, 0.15) is 6.61 Å². The maximum Gasteiger partial charge on any atom is 0.508 e. The minimum absolute atomic E-state index is 0.157. The molecule has 0 aliphatic heterocycles. The van der Waals surface area contributed by atoms with Crippen molar-refractivity contribution in [2.45, 2.75) is 6.61 Å². The zero-order valence-electron chi connectivity index (χ0n) is 8.84. The van der Waals surface area contributed by atoms with Gasteiger partial charge in [-0.3, -0.25) is 0 Å². The van der Waals surface area contributed by atoms with Gasteiger partial charge in [-0.15, -0.1) is 0 Å². The Morgan fingerprint density at radius 2 is 1.81 bits per heavy atom. The molecule has 5 nitrogen and oxygen atoms in total. The van der Waals surface area contributed by atoms with Gasteiger partial charge >= 0.3 is 12.1 Å². The maximum absolute atomic E-state index is 11.1. The van der Waals surface area contributed by atoms with Gasteiger partial charge in [-0.1, -0.05) is 30.3 Å². The summed E-state index contributed by atoms with van der Waals surface area (Å²) in [6, 6.07) is 9.21. The van der Waals surface area contributed by atoms with Gasteiger partial charge in [0.25, 0.3) is 0 Å². The van der Waals surface area contributed by atoms with E-state index in [1.54, 1.807) is 0 Å². The first-order chi connectivity index (χ1) is 7.72.